The molecule has 0 atom stereocenters. The summed E-state index contributed by atoms with van der Waals surface area (Å²) >= 11 is 1.63. The second-order valence-electron chi connectivity index (χ2n) is 4.25. The van der Waals surface area contributed by atoms with Crippen LogP contribution in [0.15, 0.2) is 23.6 Å². The van der Waals surface area contributed by atoms with E-state index in [1.54, 1.807) is 25.2 Å². The Kier molecular flexibility index (Phi) is 2.78. The van der Waals surface area contributed by atoms with Crippen molar-refractivity contribution >= 4 is 11.3 Å². The van der Waals surface area contributed by atoms with Crippen LogP contribution in [-0.4, -0.2) is 15.1 Å². The van der Waals surface area contributed by atoms with Crippen LogP contribution in [0.5, 0.6) is 0 Å². The van der Waals surface area contributed by atoms with Crippen molar-refractivity contribution in [3.05, 3.63) is 35.1 Å². The Balaban J connectivity index is 2.53. The van der Waals surface area contributed by atoms with Gasteiger partial charge in [-0.2, -0.15) is 0 Å². The van der Waals surface area contributed by atoms with E-state index in [9.17, 15) is 5.11 Å². The molecule has 2 rings (SSSR count). The Hall–Kier alpha value is -1.26. The normalized spacial score (nSPS) is 11.8. The second kappa shape index (κ2) is 3.96. The fourth-order valence-electron chi connectivity index (χ4n) is 1.39. The molecule has 0 aromatic carbocycles. The van der Waals surface area contributed by atoms with E-state index in [4.69, 9.17) is 0 Å². The van der Waals surface area contributed by atoms with Gasteiger partial charge in [-0.25, -0.2) is 9.97 Å². The summed E-state index contributed by atoms with van der Waals surface area (Å²) in [5, 5.41) is 11.9. The molecule has 0 fully saturated rings. The van der Waals surface area contributed by atoms with Crippen LogP contribution in [0.2, 0.25) is 0 Å². The Morgan fingerprint density at radius 3 is 2.62 bits per heavy atom. The standard InChI is InChI=1S/C12H14N2OS/c1-8-7-9(10-5-4-6-16-10)14-11(13-8)12(2,3)15/h4-7,15H,1-3H3. The Labute approximate surface area is 98.8 Å². The van der Waals surface area contributed by atoms with Crippen LogP contribution in [0.3, 0.4) is 0 Å². The predicted octanol–water partition coefficient (Wildman–Crippen LogP) is 2.74. The highest BCUT2D eigenvalue weighted by molar-refractivity contribution is 7.13. The zero-order chi connectivity index (χ0) is 11.8. The number of aryl methyl sites for hydroxylation is 1. The quantitative estimate of drug-likeness (QED) is 0.869. The van der Waals surface area contributed by atoms with Gasteiger partial charge in [0.05, 0.1) is 10.6 Å². The highest BCUT2D eigenvalue weighted by Gasteiger charge is 2.20. The Morgan fingerprint density at radius 2 is 2.06 bits per heavy atom. The molecule has 0 amide bonds. The SMILES string of the molecule is Cc1cc(-c2cccs2)nc(C(C)(C)O)n1. The number of hydrogen-bond donors (Lipinski definition) is 1. The van der Waals surface area contributed by atoms with E-state index in [0.717, 1.165) is 16.3 Å². The van der Waals surface area contributed by atoms with Gasteiger partial charge >= 0.3 is 0 Å². The third-order valence-electron chi connectivity index (χ3n) is 2.18. The van der Waals surface area contributed by atoms with Gasteiger partial charge in [-0.15, -0.1) is 11.3 Å². The van der Waals surface area contributed by atoms with E-state index in [-0.39, 0.29) is 0 Å². The summed E-state index contributed by atoms with van der Waals surface area (Å²) in [6, 6.07) is 5.93. The van der Waals surface area contributed by atoms with Gasteiger partial charge in [0.25, 0.3) is 0 Å². The van der Waals surface area contributed by atoms with Crippen LogP contribution in [0.1, 0.15) is 25.4 Å². The summed E-state index contributed by atoms with van der Waals surface area (Å²) in [7, 11) is 0. The van der Waals surface area contributed by atoms with Gasteiger partial charge < -0.3 is 5.11 Å². The first-order chi connectivity index (χ1) is 7.47. The molecule has 0 aliphatic rings. The average Bonchev–Trinajstić information content (AvgIpc) is 2.68. The minimum Gasteiger partial charge on any atom is -0.382 e. The van der Waals surface area contributed by atoms with Gasteiger partial charge in [0.1, 0.15) is 5.60 Å². The molecule has 4 heteroatoms. The summed E-state index contributed by atoms with van der Waals surface area (Å²) < 4.78 is 0. The van der Waals surface area contributed by atoms with Gasteiger partial charge in [-0.1, -0.05) is 6.07 Å². The molecule has 0 aliphatic carbocycles. The molecule has 84 valence electrons. The maximum atomic E-state index is 9.91. The van der Waals surface area contributed by atoms with Crippen LogP contribution in [0.4, 0.5) is 0 Å². The van der Waals surface area contributed by atoms with Crippen LogP contribution in [0.25, 0.3) is 10.6 Å². The highest BCUT2D eigenvalue weighted by Crippen LogP contribution is 2.25. The molecule has 16 heavy (non-hydrogen) atoms. The molecule has 0 saturated carbocycles. The fraction of sp³-hybridized carbons (Fsp3) is 0.333. The molecule has 1 N–H and O–H groups in total. The van der Waals surface area contributed by atoms with Crippen molar-refractivity contribution in [2.75, 3.05) is 0 Å². The number of rotatable bonds is 2. The molecule has 3 nitrogen and oxygen atoms in total. The van der Waals surface area contributed by atoms with Crippen LogP contribution >= 0.6 is 11.3 Å². The Bertz CT molecular complexity index is 486. The third-order valence-corrected chi connectivity index (χ3v) is 3.07. The predicted molar refractivity (Wildman–Crippen MR) is 65.3 cm³/mol. The molecule has 0 spiro atoms. The molecule has 0 saturated heterocycles. The largest absolute Gasteiger partial charge is 0.382 e. The summed E-state index contributed by atoms with van der Waals surface area (Å²) in [5.74, 6) is 0.468. The summed E-state index contributed by atoms with van der Waals surface area (Å²) in [6.07, 6.45) is 0. The number of nitrogens with zero attached hydrogens (tertiary/aromatic N) is 2. The van der Waals surface area contributed by atoms with E-state index in [0.29, 0.717) is 5.82 Å². The van der Waals surface area contributed by atoms with Crippen molar-refractivity contribution < 1.29 is 5.11 Å². The first-order valence-corrected chi connectivity index (χ1v) is 5.97. The van der Waals surface area contributed by atoms with Crippen molar-refractivity contribution in [3.63, 3.8) is 0 Å². The lowest BCUT2D eigenvalue weighted by molar-refractivity contribution is 0.0686. The van der Waals surface area contributed by atoms with Gasteiger partial charge in [0, 0.05) is 5.69 Å². The minimum atomic E-state index is -1.00. The van der Waals surface area contributed by atoms with Gasteiger partial charge in [-0.3, -0.25) is 0 Å². The van der Waals surface area contributed by atoms with Crippen LogP contribution in [-0.2, 0) is 5.60 Å². The lowest BCUT2D eigenvalue weighted by Crippen LogP contribution is -2.20. The number of hydrogen-bond acceptors (Lipinski definition) is 4. The summed E-state index contributed by atoms with van der Waals surface area (Å²) in [6.45, 7) is 5.30. The molecule has 2 heterocycles. The lowest BCUT2D eigenvalue weighted by Gasteiger charge is -2.16. The van der Waals surface area contributed by atoms with Crippen molar-refractivity contribution in [3.8, 4) is 10.6 Å². The van der Waals surface area contributed by atoms with Crippen molar-refractivity contribution in [2.24, 2.45) is 0 Å². The van der Waals surface area contributed by atoms with Gasteiger partial charge in [-0.05, 0) is 38.3 Å². The smallest absolute Gasteiger partial charge is 0.160 e. The van der Waals surface area contributed by atoms with E-state index < -0.39 is 5.60 Å². The molecule has 0 radical (unpaired) electrons. The van der Waals surface area contributed by atoms with Gasteiger partial charge in [0.15, 0.2) is 5.82 Å². The molecular formula is C12H14N2OS. The van der Waals surface area contributed by atoms with Crippen molar-refractivity contribution in [2.45, 2.75) is 26.4 Å². The highest BCUT2D eigenvalue weighted by atomic mass is 32.1. The zero-order valence-corrected chi connectivity index (χ0v) is 10.4. The van der Waals surface area contributed by atoms with E-state index >= 15 is 0 Å². The molecule has 0 unspecified atom stereocenters. The second-order valence-corrected chi connectivity index (χ2v) is 5.20. The van der Waals surface area contributed by atoms with E-state index in [1.807, 2.05) is 30.5 Å². The Morgan fingerprint density at radius 1 is 1.31 bits per heavy atom. The topological polar surface area (TPSA) is 46.0 Å². The summed E-state index contributed by atoms with van der Waals surface area (Å²) in [5.41, 5.74) is 0.744. The van der Waals surface area contributed by atoms with E-state index in [1.165, 1.54) is 0 Å². The number of thiophene rings is 1. The van der Waals surface area contributed by atoms with E-state index in [2.05, 4.69) is 9.97 Å². The van der Waals surface area contributed by atoms with Crippen molar-refractivity contribution in [1.29, 1.82) is 0 Å². The maximum absolute atomic E-state index is 9.91. The van der Waals surface area contributed by atoms with Gasteiger partial charge in [0.2, 0.25) is 0 Å². The fourth-order valence-corrected chi connectivity index (χ4v) is 2.08. The lowest BCUT2D eigenvalue weighted by atomic mass is 10.1. The van der Waals surface area contributed by atoms with Crippen LogP contribution in [0, 0.1) is 6.92 Å². The number of aliphatic hydroxyl groups is 1. The first kappa shape index (κ1) is 11.2. The zero-order valence-electron chi connectivity index (χ0n) is 9.56. The van der Waals surface area contributed by atoms with Crippen molar-refractivity contribution in [1.82, 2.24) is 9.97 Å². The summed E-state index contributed by atoms with van der Waals surface area (Å²) in [4.78, 5) is 9.75. The molecule has 0 aliphatic heterocycles. The van der Waals surface area contributed by atoms with Crippen LogP contribution < -0.4 is 0 Å². The number of aromatic nitrogens is 2. The minimum absolute atomic E-state index is 0.468. The first-order valence-electron chi connectivity index (χ1n) is 5.09. The molecule has 0 bridgehead atoms. The molecule has 2 aromatic heterocycles. The average molecular weight is 234 g/mol. The monoisotopic (exact) mass is 234 g/mol. The third kappa shape index (κ3) is 2.28. The molecule has 2 aromatic rings. The maximum Gasteiger partial charge on any atom is 0.160 e. The molecular weight excluding hydrogens is 220 g/mol.